The first-order valence-electron chi connectivity index (χ1n) is 11.8. The molecule has 2 aliphatic heterocycles. The summed E-state index contributed by atoms with van der Waals surface area (Å²) in [7, 11) is 0. The van der Waals surface area contributed by atoms with Crippen molar-refractivity contribution < 1.29 is 15.3 Å². The number of aromatic nitrogens is 5. The summed E-state index contributed by atoms with van der Waals surface area (Å²) in [5.41, 5.74) is 0.278. The van der Waals surface area contributed by atoms with Gasteiger partial charge in [0.1, 0.15) is 11.6 Å². The van der Waals surface area contributed by atoms with Gasteiger partial charge in [0.25, 0.3) is 0 Å². The quantitative estimate of drug-likeness (QED) is 0.435. The second-order valence-corrected chi connectivity index (χ2v) is 9.84. The molecule has 2 unspecified atom stereocenters. The van der Waals surface area contributed by atoms with Gasteiger partial charge in [-0.3, -0.25) is 4.68 Å². The monoisotopic (exact) mass is 468 g/mol. The first-order valence-corrected chi connectivity index (χ1v) is 11.8. The van der Waals surface area contributed by atoms with Gasteiger partial charge in [0.2, 0.25) is 5.95 Å². The van der Waals surface area contributed by atoms with E-state index in [-0.39, 0.29) is 6.04 Å². The normalized spacial score (nSPS) is 22.7. The van der Waals surface area contributed by atoms with E-state index in [0.717, 1.165) is 10.9 Å². The van der Waals surface area contributed by atoms with Crippen molar-refractivity contribution in [1.29, 1.82) is 0 Å². The van der Waals surface area contributed by atoms with Gasteiger partial charge in [-0.05, 0) is 39.7 Å². The van der Waals surface area contributed by atoms with Crippen LogP contribution in [-0.4, -0.2) is 84.0 Å². The smallest absolute Gasteiger partial charge is 0.227 e. The number of hydrogen-bond donors (Lipinski definition) is 4. The van der Waals surface area contributed by atoms with Crippen LogP contribution in [0.15, 0.2) is 24.5 Å². The maximum absolute atomic E-state index is 10.2. The van der Waals surface area contributed by atoms with E-state index in [0.29, 0.717) is 62.4 Å². The molecule has 5 heterocycles. The lowest BCUT2D eigenvalue weighted by atomic mass is 9.94. The van der Waals surface area contributed by atoms with E-state index >= 15 is 0 Å². The highest BCUT2D eigenvalue weighted by Gasteiger charge is 2.32. The fraction of sp³-hybridized carbons (Fsp3) is 0.565. The number of rotatable bonds is 5. The molecule has 34 heavy (non-hydrogen) atoms. The minimum absolute atomic E-state index is 0.117. The molecule has 2 saturated heterocycles. The lowest BCUT2D eigenvalue weighted by Gasteiger charge is -2.35. The van der Waals surface area contributed by atoms with Crippen molar-refractivity contribution in [3.05, 3.63) is 24.5 Å². The van der Waals surface area contributed by atoms with E-state index in [1.807, 2.05) is 22.6 Å². The van der Waals surface area contributed by atoms with Crippen molar-refractivity contribution in [2.75, 3.05) is 41.3 Å². The highest BCUT2D eigenvalue weighted by molar-refractivity contribution is 5.92. The molecule has 0 saturated carbocycles. The zero-order valence-corrected chi connectivity index (χ0v) is 19.8. The summed E-state index contributed by atoms with van der Waals surface area (Å²) < 4.78 is 1.93. The molecule has 2 aliphatic rings. The van der Waals surface area contributed by atoms with Gasteiger partial charge in [0.05, 0.1) is 28.7 Å². The Hall–Kier alpha value is -3.02. The number of pyridine rings is 1. The van der Waals surface area contributed by atoms with Gasteiger partial charge in [0.15, 0.2) is 5.82 Å². The second kappa shape index (κ2) is 8.64. The molecule has 3 aromatic heterocycles. The summed E-state index contributed by atoms with van der Waals surface area (Å²) in [5, 5.41) is 39.1. The Labute approximate surface area is 198 Å². The van der Waals surface area contributed by atoms with Gasteiger partial charge in [-0.1, -0.05) is 0 Å². The Morgan fingerprint density at radius 1 is 1.06 bits per heavy atom. The summed E-state index contributed by atoms with van der Waals surface area (Å²) in [6.07, 6.45) is 3.27. The van der Waals surface area contributed by atoms with Crippen LogP contribution in [0.25, 0.3) is 10.9 Å². The van der Waals surface area contributed by atoms with Gasteiger partial charge in [-0.25, -0.2) is 9.97 Å². The highest BCUT2D eigenvalue weighted by Crippen LogP contribution is 2.32. The maximum Gasteiger partial charge on any atom is 0.227 e. The molecule has 0 radical (unpaired) electrons. The fourth-order valence-corrected chi connectivity index (χ4v) is 4.54. The summed E-state index contributed by atoms with van der Waals surface area (Å²) in [4.78, 5) is 17.6. The molecule has 182 valence electrons. The molecular weight excluding hydrogens is 436 g/mol. The zero-order valence-electron chi connectivity index (χ0n) is 19.8. The number of fused-ring (bicyclic) bond motifs is 1. The van der Waals surface area contributed by atoms with Gasteiger partial charge >= 0.3 is 0 Å². The largest absolute Gasteiger partial charge is 0.390 e. The van der Waals surface area contributed by atoms with E-state index in [9.17, 15) is 15.3 Å². The van der Waals surface area contributed by atoms with E-state index in [1.165, 1.54) is 0 Å². The molecule has 0 spiro atoms. The maximum atomic E-state index is 10.2. The zero-order chi connectivity index (χ0) is 24.0. The summed E-state index contributed by atoms with van der Waals surface area (Å²) >= 11 is 0. The first-order chi connectivity index (χ1) is 16.2. The molecule has 5 rings (SSSR count). The third kappa shape index (κ3) is 4.38. The molecule has 2 atom stereocenters. The van der Waals surface area contributed by atoms with Crippen LogP contribution < -0.4 is 15.1 Å². The number of aliphatic hydroxyl groups excluding tert-OH is 2. The summed E-state index contributed by atoms with van der Waals surface area (Å²) in [5.74, 6) is 2.61. The van der Waals surface area contributed by atoms with Crippen molar-refractivity contribution in [3.8, 4) is 0 Å². The minimum atomic E-state index is -0.786. The van der Waals surface area contributed by atoms with Crippen molar-refractivity contribution in [2.45, 2.75) is 57.5 Å². The lowest BCUT2D eigenvalue weighted by molar-refractivity contribution is 0.0349. The molecule has 11 nitrogen and oxygen atoms in total. The average Bonchev–Trinajstić information content (AvgIpc) is 3.33. The Morgan fingerprint density at radius 3 is 2.44 bits per heavy atom. The van der Waals surface area contributed by atoms with Crippen LogP contribution in [0.2, 0.25) is 0 Å². The van der Waals surface area contributed by atoms with Crippen LogP contribution in [0.1, 0.15) is 39.7 Å². The molecule has 0 aliphatic carbocycles. The standard InChI is InChI=1S/C23H32N8O3/c1-14(2)31-16-10-20(25-11-15(16)21(28-31)30-12-17(32)18(33)13-30)26-19-4-7-24-22(27-19)29-8-5-23(3,34)6-9-29/h4,7,10-11,14,17-18,32-34H,5-6,8-9,12-13H2,1-3H3,(H,24,25,26,27). The van der Waals surface area contributed by atoms with Crippen LogP contribution in [0, 0.1) is 0 Å². The number of β-amino-alcohol motifs (C(OH)–C–C–N with tert-alkyl or cyclic N) is 2. The van der Waals surface area contributed by atoms with Crippen LogP contribution in [0.4, 0.5) is 23.4 Å². The fourth-order valence-electron chi connectivity index (χ4n) is 4.54. The minimum Gasteiger partial charge on any atom is -0.390 e. The molecular formula is C23H32N8O3. The number of anilines is 4. The van der Waals surface area contributed by atoms with E-state index in [4.69, 9.17) is 5.10 Å². The Balaban J connectivity index is 1.40. The van der Waals surface area contributed by atoms with Crippen LogP contribution in [0.5, 0.6) is 0 Å². The Bertz CT molecular complexity index is 1160. The molecule has 0 bridgehead atoms. The van der Waals surface area contributed by atoms with Crippen molar-refractivity contribution in [1.82, 2.24) is 24.7 Å². The average molecular weight is 469 g/mol. The van der Waals surface area contributed by atoms with Crippen molar-refractivity contribution in [2.24, 2.45) is 0 Å². The van der Waals surface area contributed by atoms with Crippen LogP contribution in [-0.2, 0) is 0 Å². The third-order valence-electron chi connectivity index (χ3n) is 6.64. The predicted octanol–water partition coefficient (Wildman–Crippen LogP) is 1.44. The number of piperidine rings is 1. The van der Waals surface area contributed by atoms with E-state index in [1.54, 1.807) is 18.5 Å². The van der Waals surface area contributed by atoms with Gasteiger partial charge < -0.3 is 30.4 Å². The van der Waals surface area contributed by atoms with Crippen LogP contribution in [0.3, 0.4) is 0 Å². The summed E-state index contributed by atoms with van der Waals surface area (Å²) in [6, 6.07) is 3.85. The Morgan fingerprint density at radius 2 is 1.76 bits per heavy atom. The first kappa shape index (κ1) is 22.8. The molecule has 4 N–H and O–H groups in total. The van der Waals surface area contributed by atoms with Gasteiger partial charge in [0, 0.05) is 50.7 Å². The molecule has 2 fully saturated rings. The highest BCUT2D eigenvalue weighted by atomic mass is 16.3. The molecule has 0 aromatic carbocycles. The van der Waals surface area contributed by atoms with Crippen LogP contribution >= 0.6 is 0 Å². The third-order valence-corrected chi connectivity index (χ3v) is 6.64. The number of nitrogens with zero attached hydrogens (tertiary/aromatic N) is 7. The summed E-state index contributed by atoms with van der Waals surface area (Å²) in [6.45, 7) is 8.07. The van der Waals surface area contributed by atoms with Gasteiger partial charge in [-0.2, -0.15) is 10.1 Å². The molecule has 3 aromatic rings. The number of nitrogens with one attached hydrogen (secondary N) is 1. The second-order valence-electron chi connectivity index (χ2n) is 9.84. The van der Waals surface area contributed by atoms with E-state index < -0.39 is 17.8 Å². The van der Waals surface area contributed by atoms with Gasteiger partial charge in [-0.15, -0.1) is 0 Å². The molecule has 11 heteroatoms. The predicted molar refractivity (Wildman–Crippen MR) is 130 cm³/mol. The van der Waals surface area contributed by atoms with E-state index in [2.05, 4.69) is 39.0 Å². The number of hydrogen-bond acceptors (Lipinski definition) is 10. The lowest BCUT2D eigenvalue weighted by Crippen LogP contribution is -2.43. The number of aliphatic hydroxyl groups is 3. The SMILES string of the molecule is CC(C)n1nc(N2CC(O)C(O)C2)c2cnc(Nc3ccnc(N4CCC(C)(O)CC4)n3)cc21. The van der Waals surface area contributed by atoms with Crippen molar-refractivity contribution in [3.63, 3.8) is 0 Å². The van der Waals surface area contributed by atoms with Crippen molar-refractivity contribution >= 4 is 34.3 Å². The topological polar surface area (TPSA) is 136 Å². The molecule has 0 amide bonds. The Kier molecular flexibility index (Phi) is 5.78.